The van der Waals surface area contributed by atoms with Crippen molar-refractivity contribution in [3.05, 3.63) is 59.7 Å². The highest BCUT2D eigenvalue weighted by Gasteiger charge is 2.25. The molecule has 30 heavy (non-hydrogen) atoms. The molecule has 0 aliphatic heterocycles. The summed E-state index contributed by atoms with van der Waals surface area (Å²) in [5, 5.41) is 2.87. The molecule has 0 radical (unpaired) electrons. The number of thioether (sulfide) groups is 1. The first-order chi connectivity index (χ1) is 14.5. The van der Waals surface area contributed by atoms with Gasteiger partial charge in [-0.15, -0.1) is 0 Å². The number of amides is 2. The van der Waals surface area contributed by atoms with Crippen molar-refractivity contribution < 1.29 is 19.1 Å². The van der Waals surface area contributed by atoms with Crippen molar-refractivity contribution in [2.45, 2.75) is 19.4 Å². The summed E-state index contributed by atoms with van der Waals surface area (Å²) in [6.07, 6.45) is 2.52. The van der Waals surface area contributed by atoms with Crippen LogP contribution in [0.25, 0.3) is 0 Å². The van der Waals surface area contributed by atoms with Crippen molar-refractivity contribution in [1.29, 1.82) is 0 Å². The minimum absolute atomic E-state index is 0.139. The Morgan fingerprint density at radius 1 is 1.13 bits per heavy atom. The molecule has 1 atom stereocenters. The van der Waals surface area contributed by atoms with E-state index in [-0.39, 0.29) is 11.8 Å². The Morgan fingerprint density at radius 3 is 2.50 bits per heavy atom. The third-order valence-electron chi connectivity index (χ3n) is 4.66. The minimum atomic E-state index is -0.612. The molecule has 162 valence electrons. The lowest BCUT2D eigenvalue weighted by molar-refractivity contribution is -0.132. The Hall–Kier alpha value is -2.67. The number of carbonyl (C=O) groups excluding carboxylic acids is 2. The highest BCUT2D eigenvalue weighted by molar-refractivity contribution is 7.98. The molecule has 0 bridgehead atoms. The van der Waals surface area contributed by atoms with E-state index in [1.807, 2.05) is 37.4 Å². The van der Waals surface area contributed by atoms with Gasteiger partial charge in [0.2, 0.25) is 5.91 Å². The van der Waals surface area contributed by atoms with Crippen LogP contribution in [0, 0.1) is 6.92 Å². The van der Waals surface area contributed by atoms with Gasteiger partial charge in [-0.2, -0.15) is 11.8 Å². The smallest absolute Gasteiger partial charge is 0.255 e. The first-order valence-corrected chi connectivity index (χ1v) is 11.2. The van der Waals surface area contributed by atoms with Crippen LogP contribution < -0.4 is 14.8 Å². The fraction of sp³-hybridized carbons (Fsp3) is 0.391. The van der Waals surface area contributed by atoms with Crippen LogP contribution in [0.2, 0.25) is 0 Å². The van der Waals surface area contributed by atoms with E-state index < -0.39 is 6.04 Å². The van der Waals surface area contributed by atoms with Crippen molar-refractivity contribution in [3.63, 3.8) is 0 Å². The summed E-state index contributed by atoms with van der Waals surface area (Å²) in [7, 11) is 3.24. The summed E-state index contributed by atoms with van der Waals surface area (Å²) in [5.74, 6) is 1.54. The lowest BCUT2D eigenvalue weighted by Crippen LogP contribution is -2.48. The number of ether oxygens (including phenoxy) is 2. The van der Waals surface area contributed by atoms with Gasteiger partial charge in [-0.05, 0) is 49.6 Å². The molecule has 0 spiro atoms. The number of para-hydroxylation sites is 1. The summed E-state index contributed by atoms with van der Waals surface area (Å²) in [5.41, 5.74) is 1.57. The van der Waals surface area contributed by atoms with Gasteiger partial charge in [-0.25, -0.2) is 0 Å². The molecule has 2 aromatic rings. The monoisotopic (exact) mass is 430 g/mol. The topological polar surface area (TPSA) is 67.9 Å². The molecule has 2 aromatic carbocycles. The molecule has 0 aliphatic rings. The third kappa shape index (κ3) is 6.99. The van der Waals surface area contributed by atoms with Gasteiger partial charge in [-0.3, -0.25) is 9.59 Å². The summed E-state index contributed by atoms with van der Waals surface area (Å²) in [6.45, 7) is 2.82. The molecule has 0 aliphatic carbocycles. The van der Waals surface area contributed by atoms with E-state index in [4.69, 9.17) is 9.47 Å². The molecule has 0 heterocycles. The van der Waals surface area contributed by atoms with Gasteiger partial charge in [0.25, 0.3) is 5.91 Å². The van der Waals surface area contributed by atoms with E-state index in [1.165, 1.54) is 7.11 Å². The minimum Gasteiger partial charge on any atom is -0.496 e. The van der Waals surface area contributed by atoms with Crippen LogP contribution in [0.15, 0.2) is 48.5 Å². The Morgan fingerprint density at radius 2 is 1.83 bits per heavy atom. The summed E-state index contributed by atoms with van der Waals surface area (Å²) < 4.78 is 11.0. The van der Waals surface area contributed by atoms with Gasteiger partial charge in [0.15, 0.2) is 0 Å². The number of hydrogen-bond acceptors (Lipinski definition) is 5. The van der Waals surface area contributed by atoms with Gasteiger partial charge in [0.1, 0.15) is 24.1 Å². The third-order valence-corrected chi connectivity index (χ3v) is 5.30. The number of methoxy groups -OCH3 is 1. The molecule has 7 heteroatoms. The fourth-order valence-electron chi connectivity index (χ4n) is 2.87. The Bertz CT molecular complexity index is 826. The largest absolute Gasteiger partial charge is 0.496 e. The number of rotatable bonds is 11. The lowest BCUT2D eigenvalue weighted by Gasteiger charge is -2.25. The Labute approximate surface area is 182 Å². The molecule has 0 fully saturated rings. The van der Waals surface area contributed by atoms with E-state index >= 15 is 0 Å². The van der Waals surface area contributed by atoms with Crippen LogP contribution in [-0.4, -0.2) is 62.1 Å². The van der Waals surface area contributed by atoms with Crippen LogP contribution in [0.4, 0.5) is 0 Å². The number of aryl methyl sites for hydroxylation is 1. The van der Waals surface area contributed by atoms with Gasteiger partial charge in [-0.1, -0.05) is 29.8 Å². The number of nitrogens with zero attached hydrogens (tertiary/aromatic N) is 1. The SMILES string of the molecule is COc1ccccc1C(=O)NC(CCSC)C(=O)N(C)CCOc1ccc(C)cc1. The average molecular weight is 431 g/mol. The summed E-state index contributed by atoms with van der Waals surface area (Å²) >= 11 is 1.63. The first-order valence-electron chi connectivity index (χ1n) is 9.83. The molecule has 0 saturated heterocycles. The van der Waals surface area contributed by atoms with Gasteiger partial charge in [0, 0.05) is 7.05 Å². The van der Waals surface area contributed by atoms with Crippen molar-refractivity contribution in [2.75, 3.05) is 39.3 Å². The van der Waals surface area contributed by atoms with Crippen molar-refractivity contribution in [2.24, 2.45) is 0 Å². The van der Waals surface area contributed by atoms with Crippen LogP contribution in [0.5, 0.6) is 11.5 Å². The highest BCUT2D eigenvalue weighted by atomic mass is 32.2. The van der Waals surface area contributed by atoms with E-state index in [0.717, 1.165) is 17.1 Å². The van der Waals surface area contributed by atoms with E-state index in [9.17, 15) is 9.59 Å². The second-order valence-electron chi connectivity index (χ2n) is 6.93. The van der Waals surface area contributed by atoms with E-state index in [2.05, 4.69) is 5.32 Å². The number of carbonyl (C=O) groups is 2. The molecule has 1 N–H and O–H groups in total. The molecular formula is C23H30N2O4S. The van der Waals surface area contributed by atoms with Crippen LogP contribution >= 0.6 is 11.8 Å². The van der Waals surface area contributed by atoms with E-state index in [1.54, 1.807) is 48.0 Å². The molecule has 2 rings (SSSR count). The highest BCUT2D eigenvalue weighted by Crippen LogP contribution is 2.18. The summed E-state index contributed by atoms with van der Waals surface area (Å²) in [4.78, 5) is 27.3. The van der Waals surface area contributed by atoms with Crippen LogP contribution in [0.3, 0.4) is 0 Å². The number of benzene rings is 2. The van der Waals surface area contributed by atoms with E-state index in [0.29, 0.717) is 30.9 Å². The molecule has 2 amide bonds. The molecule has 1 unspecified atom stereocenters. The second-order valence-corrected chi connectivity index (χ2v) is 7.91. The maximum Gasteiger partial charge on any atom is 0.255 e. The lowest BCUT2D eigenvalue weighted by atomic mass is 10.1. The quantitative estimate of drug-likeness (QED) is 0.592. The van der Waals surface area contributed by atoms with Crippen LogP contribution in [-0.2, 0) is 4.79 Å². The average Bonchev–Trinajstić information content (AvgIpc) is 2.77. The summed E-state index contributed by atoms with van der Waals surface area (Å²) in [6, 6.07) is 14.1. The molecule has 0 aromatic heterocycles. The maximum atomic E-state index is 13.0. The normalized spacial score (nSPS) is 11.5. The first kappa shape index (κ1) is 23.6. The zero-order chi connectivity index (χ0) is 21.9. The Balaban J connectivity index is 1.97. The predicted molar refractivity (Wildman–Crippen MR) is 122 cm³/mol. The van der Waals surface area contributed by atoms with Crippen molar-refractivity contribution in [3.8, 4) is 11.5 Å². The van der Waals surface area contributed by atoms with Gasteiger partial charge in [0.05, 0.1) is 19.2 Å². The number of likely N-dealkylation sites (N-methyl/N-ethyl adjacent to an activating group) is 1. The van der Waals surface area contributed by atoms with Crippen molar-refractivity contribution >= 4 is 23.6 Å². The van der Waals surface area contributed by atoms with Crippen LogP contribution in [0.1, 0.15) is 22.3 Å². The standard InChI is InChI=1S/C23H30N2O4S/c1-17-9-11-18(12-10-17)29-15-14-25(2)23(27)20(13-16-30-4)24-22(26)19-7-5-6-8-21(19)28-3/h5-12,20H,13-16H2,1-4H3,(H,24,26). The number of nitrogens with one attached hydrogen (secondary N) is 1. The Kier molecular flexibility index (Phi) is 9.54. The fourth-order valence-corrected chi connectivity index (χ4v) is 3.34. The van der Waals surface area contributed by atoms with Crippen molar-refractivity contribution in [1.82, 2.24) is 10.2 Å². The molecular weight excluding hydrogens is 400 g/mol. The zero-order valence-electron chi connectivity index (χ0n) is 18.0. The predicted octanol–water partition coefficient (Wildman–Crippen LogP) is 3.39. The molecule has 6 nitrogen and oxygen atoms in total. The number of hydrogen-bond donors (Lipinski definition) is 1. The maximum absolute atomic E-state index is 13.0. The van der Waals surface area contributed by atoms with Gasteiger partial charge < -0.3 is 19.7 Å². The zero-order valence-corrected chi connectivity index (χ0v) is 18.8. The second kappa shape index (κ2) is 12.1. The van der Waals surface area contributed by atoms with Gasteiger partial charge >= 0.3 is 0 Å². The molecule has 0 saturated carbocycles.